The van der Waals surface area contributed by atoms with Gasteiger partial charge in [0.25, 0.3) is 5.91 Å². The highest BCUT2D eigenvalue weighted by atomic mass is 32.2. The second kappa shape index (κ2) is 10.8. The predicted octanol–water partition coefficient (Wildman–Crippen LogP) is 3.44. The van der Waals surface area contributed by atoms with Crippen molar-refractivity contribution in [2.24, 2.45) is 0 Å². The fraction of sp³-hybridized carbons (Fsp3) is 0.458. The van der Waals surface area contributed by atoms with E-state index in [9.17, 15) is 13.2 Å². The number of amides is 1. The van der Waals surface area contributed by atoms with Gasteiger partial charge in [0.05, 0.1) is 11.4 Å². The van der Waals surface area contributed by atoms with E-state index in [1.807, 2.05) is 39.0 Å². The molecule has 1 unspecified atom stereocenters. The molecular weight excluding hydrogens is 428 g/mol. The first-order chi connectivity index (χ1) is 15.3. The minimum atomic E-state index is -3.43. The maximum absolute atomic E-state index is 12.6. The van der Waals surface area contributed by atoms with Crippen LogP contribution < -0.4 is 14.8 Å². The average molecular weight is 461 g/mol. The maximum Gasteiger partial charge on any atom is 0.261 e. The summed E-state index contributed by atoms with van der Waals surface area (Å²) in [6, 6.07) is 12.2. The van der Waals surface area contributed by atoms with Gasteiger partial charge in [0.1, 0.15) is 18.1 Å². The van der Waals surface area contributed by atoms with Crippen molar-refractivity contribution >= 4 is 15.9 Å². The lowest BCUT2D eigenvalue weighted by Crippen LogP contribution is -2.39. The minimum absolute atomic E-state index is 0.193. The fourth-order valence-electron chi connectivity index (χ4n) is 3.52. The van der Waals surface area contributed by atoms with E-state index in [0.717, 1.165) is 18.4 Å². The Morgan fingerprint density at radius 3 is 2.31 bits per heavy atom. The van der Waals surface area contributed by atoms with Crippen LogP contribution in [0.3, 0.4) is 0 Å². The summed E-state index contributed by atoms with van der Waals surface area (Å²) in [5.41, 5.74) is 2.29. The van der Waals surface area contributed by atoms with Gasteiger partial charge >= 0.3 is 0 Å². The number of sulfonamides is 1. The van der Waals surface area contributed by atoms with E-state index in [-0.39, 0.29) is 17.4 Å². The zero-order valence-electron chi connectivity index (χ0n) is 19.0. The highest BCUT2D eigenvalue weighted by molar-refractivity contribution is 7.89. The summed E-state index contributed by atoms with van der Waals surface area (Å²) >= 11 is 0. The van der Waals surface area contributed by atoms with Crippen LogP contribution in [0.1, 0.15) is 37.3 Å². The first-order valence-electron chi connectivity index (χ1n) is 11.1. The number of hydrogen-bond acceptors (Lipinski definition) is 5. The van der Waals surface area contributed by atoms with Gasteiger partial charge < -0.3 is 14.8 Å². The second-order valence-electron chi connectivity index (χ2n) is 7.98. The third-order valence-corrected chi connectivity index (χ3v) is 7.53. The number of benzene rings is 2. The summed E-state index contributed by atoms with van der Waals surface area (Å²) in [5.74, 6) is 1.04. The van der Waals surface area contributed by atoms with Crippen molar-refractivity contribution in [3.8, 4) is 11.5 Å². The summed E-state index contributed by atoms with van der Waals surface area (Å²) in [4.78, 5) is 12.7. The van der Waals surface area contributed by atoms with Crippen LogP contribution in [0.15, 0.2) is 47.4 Å². The van der Waals surface area contributed by atoms with E-state index in [4.69, 9.17) is 9.47 Å². The zero-order valence-corrected chi connectivity index (χ0v) is 19.8. The van der Waals surface area contributed by atoms with E-state index in [0.29, 0.717) is 37.6 Å². The summed E-state index contributed by atoms with van der Waals surface area (Å²) in [5, 5.41) is 2.83. The van der Waals surface area contributed by atoms with Crippen LogP contribution in [0, 0.1) is 13.8 Å². The number of carbonyl (C=O) groups is 1. The number of rotatable bonds is 10. The van der Waals surface area contributed by atoms with Crippen molar-refractivity contribution in [2.45, 2.75) is 51.0 Å². The molecule has 32 heavy (non-hydrogen) atoms. The van der Waals surface area contributed by atoms with Gasteiger partial charge in [-0.25, -0.2) is 8.42 Å². The molecule has 3 rings (SSSR count). The summed E-state index contributed by atoms with van der Waals surface area (Å²) in [6.07, 6.45) is 1.78. The lowest BCUT2D eigenvalue weighted by Gasteiger charge is -2.18. The first kappa shape index (κ1) is 24.1. The summed E-state index contributed by atoms with van der Waals surface area (Å²) < 4.78 is 38.1. The Labute approximate surface area is 190 Å². The van der Waals surface area contributed by atoms with Crippen LogP contribution in [0.4, 0.5) is 0 Å². The molecule has 1 aliphatic rings. The van der Waals surface area contributed by atoms with Crippen molar-refractivity contribution in [3.05, 3.63) is 53.6 Å². The van der Waals surface area contributed by atoms with Crippen LogP contribution in [0.2, 0.25) is 0 Å². The van der Waals surface area contributed by atoms with Crippen LogP contribution in [-0.2, 0) is 14.8 Å². The van der Waals surface area contributed by atoms with Crippen LogP contribution in [0.25, 0.3) is 0 Å². The molecule has 0 bridgehead atoms. The molecule has 0 spiro atoms. The Bertz CT molecular complexity index is 1020. The smallest absolute Gasteiger partial charge is 0.261 e. The Morgan fingerprint density at radius 1 is 1.03 bits per heavy atom. The number of nitrogens with one attached hydrogen (secondary N) is 1. The van der Waals surface area contributed by atoms with E-state index in [1.165, 1.54) is 9.87 Å². The first-order valence-corrected chi connectivity index (χ1v) is 12.5. The minimum Gasteiger partial charge on any atom is -0.492 e. The topological polar surface area (TPSA) is 84.9 Å². The highest BCUT2D eigenvalue weighted by Crippen LogP contribution is 2.23. The highest BCUT2D eigenvalue weighted by Gasteiger charge is 2.27. The third kappa shape index (κ3) is 6.01. The standard InChI is InChI=1S/C24H32N2O5S/c1-4-23(31-21-8-7-18(2)19(3)17-21)24(27)25-13-16-30-20-9-11-22(12-10-20)32(28,29)26-14-5-6-15-26/h7-12,17,23H,4-6,13-16H2,1-3H3,(H,25,27). The van der Waals surface area contributed by atoms with Crippen molar-refractivity contribution in [1.29, 1.82) is 0 Å². The van der Waals surface area contributed by atoms with Crippen molar-refractivity contribution < 1.29 is 22.7 Å². The van der Waals surface area contributed by atoms with Gasteiger partial charge in [-0.2, -0.15) is 4.31 Å². The van der Waals surface area contributed by atoms with Crippen molar-refractivity contribution in [3.63, 3.8) is 0 Å². The number of carbonyl (C=O) groups excluding carboxylic acids is 1. The molecule has 174 valence electrons. The van der Waals surface area contributed by atoms with Gasteiger partial charge in [-0.15, -0.1) is 0 Å². The number of aryl methyl sites for hydroxylation is 2. The molecule has 7 nitrogen and oxygen atoms in total. The molecule has 1 fully saturated rings. The molecule has 1 saturated heterocycles. The molecule has 1 amide bonds. The average Bonchev–Trinajstić information content (AvgIpc) is 3.33. The molecule has 8 heteroatoms. The Morgan fingerprint density at radius 2 is 1.69 bits per heavy atom. The Balaban J connectivity index is 1.45. The third-order valence-electron chi connectivity index (χ3n) is 5.62. The molecule has 0 saturated carbocycles. The zero-order chi connectivity index (χ0) is 23.1. The Hall–Kier alpha value is -2.58. The van der Waals surface area contributed by atoms with Gasteiger partial charge in [0.2, 0.25) is 10.0 Å². The number of hydrogen-bond donors (Lipinski definition) is 1. The van der Waals surface area contributed by atoms with Gasteiger partial charge in [-0.3, -0.25) is 4.79 Å². The molecule has 0 aromatic heterocycles. The molecule has 2 aromatic carbocycles. The molecule has 1 atom stereocenters. The maximum atomic E-state index is 12.6. The van der Waals surface area contributed by atoms with Crippen LogP contribution >= 0.6 is 0 Å². The molecule has 1 aliphatic heterocycles. The molecule has 1 heterocycles. The molecule has 0 radical (unpaired) electrons. The SMILES string of the molecule is CCC(Oc1ccc(C)c(C)c1)C(=O)NCCOc1ccc(S(=O)(=O)N2CCCC2)cc1. The summed E-state index contributed by atoms with van der Waals surface area (Å²) in [7, 11) is -3.43. The van der Waals surface area contributed by atoms with Gasteiger partial charge in [0, 0.05) is 13.1 Å². The van der Waals surface area contributed by atoms with Crippen molar-refractivity contribution in [2.75, 3.05) is 26.2 Å². The van der Waals surface area contributed by atoms with Gasteiger partial charge in [-0.1, -0.05) is 13.0 Å². The van der Waals surface area contributed by atoms with E-state index < -0.39 is 16.1 Å². The van der Waals surface area contributed by atoms with Gasteiger partial charge in [0.15, 0.2) is 6.10 Å². The van der Waals surface area contributed by atoms with Crippen LogP contribution in [-0.4, -0.2) is 51.0 Å². The predicted molar refractivity (Wildman–Crippen MR) is 124 cm³/mol. The molecule has 0 aliphatic carbocycles. The van der Waals surface area contributed by atoms with E-state index in [2.05, 4.69) is 5.32 Å². The second-order valence-corrected chi connectivity index (χ2v) is 9.92. The number of ether oxygens (including phenoxy) is 2. The lowest BCUT2D eigenvalue weighted by atomic mass is 10.1. The van der Waals surface area contributed by atoms with Gasteiger partial charge in [-0.05, 0) is 80.6 Å². The fourth-order valence-corrected chi connectivity index (χ4v) is 5.03. The Kier molecular flexibility index (Phi) is 8.15. The lowest BCUT2D eigenvalue weighted by molar-refractivity contribution is -0.128. The summed E-state index contributed by atoms with van der Waals surface area (Å²) in [6.45, 7) is 7.68. The molecule has 1 N–H and O–H groups in total. The monoisotopic (exact) mass is 460 g/mol. The van der Waals surface area contributed by atoms with Crippen LogP contribution in [0.5, 0.6) is 11.5 Å². The largest absolute Gasteiger partial charge is 0.492 e. The molecular formula is C24H32N2O5S. The van der Waals surface area contributed by atoms with Crippen molar-refractivity contribution in [1.82, 2.24) is 9.62 Å². The van der Waals surface area contributed by atoms with E-state index in [1.54, 1.807) is 24.3 Å². The molecule has 2 aromatic rings. The number of nitrogens with zero attached hydrogens (tertiary/aromatic N) is 1. The quantitative estimate of drug-likeness (QED) is 0.549. The normalized spacial score (nSPS) is 15.3. The van der Waals surface area contributed by atoms with E-state index >= 15 is 0 Å².